The van der Waals surface area contributed by atoms with Crippen molar-refractivity contribution in [3.8, 4) is 5.75 Å². The van der Waals surface area contributed by atoms with E-state index < -0.39 is 11.7 Å². The molecule has 25 heavy (non-hydrogen) atoms. The van der Waals surface area contributed by atoms with Gasteiger partial charge in [0.2, 0.25) is 0 Å². The van der Waals surface area contributed by atoms with E-state index in [4.69, 9.17) is 4.74 Å². The van der Waals surface area contributed by atoms with Gasteiger partial charge in [-0.3, -0.25) is 4.79 Å². The van der Waals surface area contributed by atoms with E-state index in [1.165, 1.54) is 12.1 Å². The molecule has 3 aromatic rings. The lowest BCUT2D eigenvalue weighted by Crippen LogP contribution is -2.28. The molecule has 9 heteroatoms. The molecule has 130 valence electrons. The Morgan fingerprint density at radius 2 is 1.92 bits per heavy atom. The van der Waals surface area contributed by atoms with Crippen molar-refractivity contribution in [2.45, 2.75) is 6.18 Å². The zero-order valence-electron chi connectivity index (χ0n) is 12.8. The van der Waals surface area contributed by atoms with Gasteiger partial charge in [0.05, 0.1) is 12.1 Å². The zero-order valence-corrected chi connectivity index (χ0v) is 12.8. The Hall–Kier alpha value is -3.10. The molecule has 0 aliphatic heterocycles. The summed E-state index contributed by atoms with van der Waals surface area (Å²) in [7, 11) is 0. The van der Waals surface area contributed by atoms with Crippen molar-refractivity contribution < 1.29 is 22.7 Å². The van der Waals surface area contributed by atoms with E-state index in [9.17, 15) is 18.0 Å². The molecule has 0 spiro atoms. The van der Waals surface area contributed by atoms with Gasteiger partial charge in [0, 0.05) is 5.56 Å². The molecule has 0 aliphatic carbocycles. The Labute approximate surface area is 140 Å². The second-order valence-electron chi connectivity index (χ2n) is 5.16. The minimum Gasteiger partial charge on any atom is -0.492 e. The van der Waals surface area contributed by atoms with Crippen LogP contribution in [0.3, 0.4) is 0 Å². The summed E-state index contributed by atoms with van der Waals surface area (Å²) in [5.74, 6) is -0.245. The minimum absolute atomic E-state index is 0.0409. The van der Waals surface area contributed by atoms with Crippen molar-refractivity contribution in [2.75, 3.05) is 13.2 Å². The van der Waals surface area contributed by atoms with Crippen LogP contribution in [-0.4, -0.2) is 34.5 Å². The van der Waals surface area contributed by atoms with Crippen LogP contribution < -0.4 is 10.1 Å². The van der Waals surface area contributed by atoms with Crippen molar-refractivity contribution >= 4 is 16.9 Å². The zero-order chi connectivity index (χ0) is 17.9. The summed E-state index contributed by atoms with van der Waals surface area (Å²) >= 11 is 0. The molecule has 6 nitrogen and oxygen atoms in total. The van der Waals surface area contributed by atoms with Gasteiger partial charge >= 0.3 is 6.18 Å². The average Bonchev–Trinajstić information content (AvgIpc) is 3.05. The first kappa shape index (κ1) is 16.7. The molecule has 0 saturated carbocycles. The number of rotatable bonds is 5. The Morgan fingerprint density at radius 3 is 2.72 bits per heavy atom. The van der Waals surface area contributed by atoms with Crippen LogP contribution in [0.5, 0.6) is 5.75 Å². The average molecular weight is 350 g/mol. The van der Waals surface area contributed by atoms with E-state index >= 15 is 0 Å². The maximum Gasteiger partial charge on any atom is 0.416 e. The number of carbonyl (C=O) groups excluding carboxylic acids is 1. The van der Waals surface area contributed by atoms with Crippen LogP contribution in [0.2, 0.25) is 0 Å². The third-order valence-electron chi connectivity index (χ3n) is 3.40. The van der Waals surface area contributed by atoms with Gasteiger partial charge in [0.15, 0.2) is 0 Å². The van der Waals surface area contributed by atoms with E-state index in [2.05, 4.69) is 20.7 Å². The fraction of sp³-hybridized carbons (Fsp3) is 0.188. The molecule has 0 unspecified atom stereocenters. The van der Waals surface area contributed by atoms with Crippen molar-refractivity contribution in [3.63, 3.8) is 0 Å². The largest absolute Gasteiger partial charge is 0.492 e. The van der Waals surface area contributed by atoms with Crippen molar-refractivity contribution in [1.29, 1.82) is 0 Å². The molecule has 0 fully saturated rings. The van der Waals surface area contributed by atoms with Crippen LogP contribution in [-0.2, 0) is 6.18 Å². The number of hydrogen-bond donors (Lipinski definition) is 2. The molecule has 2 aromatic carbocycles. The van der Waals surface area contributed by atoms with Gasteiger partial charge in [0.25, 0.3) is 5.91 Å². The molecule has 1 heterocycles. The van der Waals surface area contributed by atoms with Gasteiger partial charge in [0.1, 0.15) is 23.4 Å². The highest BCUT2D eigenvalue weighted by atomic mass is 19.4. The number of fused-ring (bicyclic) bond motifs is 1. The fourth-order valence-electron chi connectivity index (χ4n) is 2.18. The summed E-state index contributed by atoms with van der Waals surface area (Å²) in [6, 6.07) is 9.43. The molecule has 3 rings (SSSR count). The van der Waals surface area contributed by atoms with E-state index in [0.29, 0.717) is 16.6 Å². The van der Waals surface area contributed by atoms with Gasteiger partial charge in [-0.2, -0.15) is 28.6 Å². The predicted octanol–water partition coefficient (Wildman–Crippen LogP) is 2.79. The lowest BCUT2D eigenvalue weighted by Gasteiger charge is -2.10. The molecule has 1 aromatic heterocycles. The number of amides is 1. The van der Waals surface area contributed by atoms with Gasteiger partial charge in [-0.1, -0.05) is 6.07 Å². The highest BCUT2D eigenvalue weighted by Crippen LogP contribution is 2.31. The summed E-state index contributed by atoms with van der Waals surface area (Å²) in [6.45, 7) is 0.186. The number of alkyl halides is 3. The van der Waals surface area contributed by atoms with Crippen LogP contribution in [0.4, 0.5) is 13.2 Å². The fourth-order valence-corrected chi connectivity index (χ4v) is 2.18. The summed E-state index contributed by atoms with van der Waals surface area (Å²) in [4.78, 5) is 12.0. The van der Waals surface area contributed by atoms with Gasteiger partial charge in [-0.05, 0) is 36.4 Å². The van der Waals surface area contributed by atoms with Gasteiger partial charge < -0.3 is 10.1 Å². The van der Waals surface area contributed by atoms with E-state index in [0.717, 1.165) is 12.1 Å². The maximum atomic E-state index is 12.6. The highest BCUT2D eigenvalue weighted by Gasteiger charge is 2.30. The van der Waals surface area contributed by atoms with E-state index in [-0.39, 0.29) is 24.8 Å². The first-order valence-electron chi connectivity index (χ1n) is 7.32. The lowest BCUT2D eigenvalue weighted by molar-refractivity contribution is -0.137. The monoisotopic (exact) mass is 350 g/mol. The van der Waals surface area contributed by atoms with Crippen molar-refractivity contribution in [3.05, 3.63) is 53.6 Å². The lowest BCUT2D eigenvalue weighted by atomic mass is 10.2. The predicted molar refractivity (Wildman–Crippen MR) is 83.2 cm³/mol. The first-order chi connectivity index (χ1) is 11.9. The third-order valence-corrected chi connectivity index (χ3v) is 3.40. The normalized spacial score (nSPS) is 11.5. The number of halogens is 3. The second kappa shape index (κ2) is 6.80. The SMILES string of the molecule is O=C(NCCOc1cccc(C(F)(F)F)c1)c1ccc2n[nH]nc2c1. The van der Waals surface area contributed by atoms with Gasteiger partial charge in [-0.25, -0.2) is 0 Å². The minimum atomic E-state index is -4.42. The maximum absolute atomic E-state index is 12.6. The Kier molecular flexibility index (Phi) is 4.55. The molecule has 1 amide bonds. The van der Waals surface area contributed by atoms with E-state index in [1.807, 2.05) is 0 Å². The van der Waals surface area contributed by atoms with Crippen molar-refractivity contribution in [2.24, 2.45) is 0 Å². The number of ether oxygens (including phenoxy) is 1. The summed E-state index contributed by atoms with van der Waals surface area (Å²) in [6.07, 6.45) is -4.42. The topological polar surface area (TPSA) is 79.9 Å². The standard InChI is InChI=1S/C16H13F3N4O2/c17-16(18,19)11-2-1-3-12(9-11)25-7-6-20-15(24)10-4-5-13-14(8-10)22-23-21-13/h1-5,8-9H,6-7H2,(H,20,24)(H,21,22,23). The molecule has 0 radical (unpaired) electrons. The summed E-state index contributed by atoms with van der Waals surface area (Å²) in [5.41, 5.74) is 0.827. The van der Waals surface area contributed by atoms with Crippen LogP contribution in [0, 0.1) is 0 Å². The Morgan fingerprint density at radius 1 is 1.12 bits per heavy atom. The van der Waals surface area contributed by atoms with E-state index in [1.54, 1.807) is 18.2 Å². The molecular formula is C16H13F3N4O2. The number of H-pyrrole nitrogens is 1. The molecule has 0 saturated heterocycles. The first-order valence-corrected chi connectivity index (χ1v) is 7.32. The number of nitrogens with one attached hydrogen (secondary N) is 2. The van der Waals surface area contributed by atoms with Crippen LogP contribution in [0.1, 0.15) is 15.9 Å². The number of aromatic amines is 1. The van der Waals surface area contributed by atoms with Crippen molar-refractivity contribution in [1.82, 2.24) is 20.7 Å². The van der Waals surface area contributed by atoms with Crippen LogP contribution in [0.25, 0.3) is 11.0 Å². The smallest absolute Gasteiger partial charge is 0.416 e. The number of nitrogens with zero attached hydrogens (tertiary/aromatic N) is 2. The molecule has 0 aliphatic rings. The quantitative estimate of drug-likeness (QED) is 0.694. The number of benzene rings is 2. The van der Waals surface area contributed by atoms with Crippen LogP contribution >= 0.6 is 0 Å². The van der Waals surface area contributed by atoms with Gasteiger partial charge in [-0.15, -0.1) is 0 Å². The second-order valence-corrected chi connectivity index (χ2v) is 5.16. The summed E-state index contributed by atoms with van der Waals surface area (Å²) in [5, 5.41) is 12.9. The molecule has 0 atom stereocenters. The number of aromatic nitrogens is 3. The molecule has 2 N–H and O–H groups in total. The highest BCUT2D eigenvalue weighted by molar-refractivity contribution is 5.97. The third kappa shape index (κ3) is 4.06. The molecular weight excluding hydrogens is 337 g/mol. The number of carbonyl (C=O) groups is 1. The Balaban J connectivity index is 1.52. The van der Waals surface area contributed by atoms with Crippen LogP contribution in [0.15, 0.2) is 42.5 Å². The Bertz CT molecular complexity index is 892. The summed E-state index contributed by atoms with van der Waals surface area (Å²) < 4.78 is 43.1. The number of hydrogen-bond acceptors (Lipinski definition) is 4. The molecule has 0 bridgehead atoms.